The van der Waals surface area contributed by atoms with Gasteiger partial charge in [0.1, 0.15) is 35.8 Å². The van der Waals surface area contributed by atoms with Gasteiger partial charge in [-0.15, -0.1) is 0 Å². The predicted molar refractivity (Wildman–Crippen MR) is 148 cm³/mol. The van der Waals surface area contributed by atoms with Gasteiger partial charge in [-0.05, 0) is 78.3 Å². The lowest BCUT2D eigenvalue weighted by atomic mass is 9.90. The Morgan fingerprint density at radius 3 is 2.67 bits per heavy atom. The van der Waals surface area contributed by atoms with Crippen LogP contribution in [0.5, 0.6) is 17.2 Å². The summed E-state index contributed by atoms with van der Waals surface area (Å²) in [7, 11) is 1.97. The molecule has 1 aromatic heterocycles. The minimum Gasteiger partial charge on any atom is -0.492 e. The first-order valence-corrected chi connectivity index (χ1v) is 13.3. The molecule has 7 heteroatoms. The summed E-state index contributed by atoms with van der Waals surface area (Å²) >= 11 is 0. The molecule has 1 N–H and O–H groups in total. The van der Waals surface area contributed by atoms with E-state index in [1.165, 1.54) is 33.4 Å². The number of fused-ring (bicyclic) bond motifs is 2. The number of carbonyl (C=O) groups is 1. The number of carboxylic acid groups (broad SMARTS) is 1. The summed E-state index contributed by atoms with van der Waals surface area (Å²) in [6.45, 7) is 5.10. The highest BCUT2D eigenvalue weighted by Crippen LogP contribution is 2.44. The Bertz CT molecular complexity index is 1530. The van der Waals surface area contributed by atoms with Crippen LogP contribution in [0.1, 0.15) is 58.5 Å². The lowest BCUT2D eigenvalue weighted by Crippen LogP contribution is -2.07. The maximum absolute atomic E-state index is 11.2. The summed E-state index contributed by atoms with van der Waals surface area (Å²) in [6, 6.07) is 16.5. The number of nitrogens with zero attached hydrogens (tertiary/aromatic N) is 2. The Morgan fingerprint density at radius 1 is 1.10 bits per heavy atom. The molecule has 6 rings (SSSR count). The van der Waals surface area contributed by atoms with Crippen LogP contribution in [0.3, 0.4) is 0 Å². The van der Waals surface area contributed by atoms with E-state index < -0.39 is 5.97 Å². The van der Waals surface area contributed by atoms with E-state index in [0.717, 1.165) is 41.5 Å². The SMILES string of the molecule is Cc1cc(OCc2nccn2C)cc(C)c1-c1cccc2c1CCC2Oc1ccc2c(c1)OC[C@H]2CC(=O)O. The van der Waals surface area contributed by atoms with Crippen molar-refractivity contribution in [3.8, 4) is 28.4 Å². The molecule has 4 aromatic rings. The van der Waals surface area contributed by atoms with Crippen molar-refractivity contribution in [2.24, 2.45) is 7.05 Å². The normalized spacial score (nSPS) is 17.4. The maximum atomic E-state index is 11.2. The molecule has 1 aliphatic carbocycles. The standard InChI is InChI=1S/C32H32N2O5/c1-19-13-23(37-18-30-33-11-12-34(30)3)14-20(2)32(19)27-6-4-5-26-25(27)9-10-28(26)39-22-7-8-24-21(15-31(35)36)17-38-29(24)16-22/h4-8,11-14,16,21,28H,9-10,15,17-18H2,1-3H3,(H,35,36)/t21-,28?/m1/s1. The fourth-order valence-corrected chi connectivity index (χ4v) is 5.96. The molecule has 0 saturated heterocycles. The van der Waals surface area contributed by atoms with Crippen LogP contribution in [-0.2, 0) is 24.9 Å². The highest BCUT2D eigenvalue weighted by molar-refractivity contribution is 5.76. The third-order valence-corrected chi connectivity index (χ3v) is 7.84. The van der Waals surface area contributed by atoms with E-state index in [9.17, 15) is 4.79 Å². The van der Waals surface area contributed by atoms with Crippen molar-refractivity contribution in [2.75, 3.05) is 6.61 Å². The molecule has 0 radical (unpaired) electrons. The average Bonchev–Trinajstić information content (AvgIpc) is 3.61. The van der Waals surface area contributed by atoms with Gasteiger partial charge in [-0.25, -0.2) is 4.98 Å². The first-order chi connectivity index (χ1) is 18.9. The van der Waals surface area contributed by atoms with Gasteiger partial charge in [0.2, 0.25) is 0 Å². The topological polar surface area (TPSA) is 82.8 Å². The molecule has 200 valence electrons. The number of rotatable bonds is 8. The van der Waals surface area contributed by atoms with Gasteiger partial charge < -0.3 is 23.9 Å². The minimum atomic E-state index is -0.813. The van der Waals surface area contributed by atoms with E-state index in [1.807, 2.05) is 36.0 Å². The molecule has 0 amide bonds. The number of aliphatic carboxylic acids is 1. The predicted octanol–water partition coefficient (Wildman–Crippen LogP) is 6.30. The number of imidazole rings is 1. The zero-order valence-electron chi connectivity index (χ0n) is 22.4. The number of ether oxygens (including phenoxy) is 3. The fourth-order valence-electron chi connectivity index (χ4n) is 5.96. The van der Waals surface area contributed by atoms with Crippen molar-refractivity contribution in [3.05, 3.63) is 94.6 Å². The van der Waals surface area contributed by atoms with Gasteiger partial charge in [0.15, 0.2) is 0 Å². The highest BCUT2D eigenvalue weighted by Gasteiger charge is 2.30. The molecule has 1 unspecified atom stereocenters. The zero-order valence-corrected chi connectivity index (χ0v) is 22.4. The molecule has 2 heterocycles. The Hall–Kier alpha value is -4.26. The zero-order chi connectivity index (χ0) is 27.1. The Labute approximate surface area is 228 Å². The molecule has 39 heavy (non-hydrogen) atoms. The maximum Gasteiger partial charge on any atom is 0.304 e. The third-order valence-electron chi connectivity index (χ3n) is 7.84. The van der Waals surface area contributed by atoms with Gasteiger partial charge in [-0.3, -0.25) is 4.79 Å². The lowest BCUT2D eigenvalue weighted by molar-refractivity contribution is -0.137. The average molecular weight is 525 g/mol. The van der Waals surface area contributed by atoms with E-state index in [-0.39, 0.29) is 18.4 Å². The Kier molecular flexibility index (Phi) is 6.51. The van der Waals surface area contributed by atoms with Crippen molar-refractivity contribution in [2.45, 2.75) is 51.7 Å². The number of benzene rings is 3. The summed E-state index contributed by atoms with van der Waals surface area (Å²) in [5, 5.41) is 9.17. The quantitative estimate of drug-likeness (QED) is 0.291. The van der Waals surface area contributed by atoms with E-state index in [4.69, 9.17) is 19.3 Å². The summed E-state index contributed by atoms with van der Waals surface area (Å²) in [5.74, 6) is 2.27. The van der Waals surface area contributed by atoms with Gasteiger partial charge in [0.25, 0.3) is 0 Å². The van der Waals surface area contributed by atoms with Gasteiger partial charge >= 0.3 is 5.97 Å². The summed E-state index contributed by atoms with van der Waals surface area (Å²) in [4.78, 5) is 15.5. The summed E-state index contributed by atoms with van der Waals surface area (Å²) < 4.78 is 20.3. The number of aromatic nitrogens is 2. The van der Waals surface area contributed by atoms with Crippen LogP contribution in [0.2, 0.25) is 0 Å². The highest BCUT2D eigenvalue weighted by atomic mass is 16.5. The van der Waals surface area contributed by atoms with E-state index in [0.29, 0.717) is 13.2 Å². The van der Waals surface area contributed by atoms with E-state index in [2.05, 4.69) is 49.2 Å². The van der Waals surface area contributed by atoms with Crippen molar-refractivity contribution in [3.63, 3.8) is 0 Å². The molecule has 0 saturated carbocycles. The number of carboxylic acids is 1. The van der Waals surface area contributed by atoms with Crippen LogP contribution in [-0.4, -0.2) is 27.2 Å². The molecule has 0 bridgehead atoms. The number of hydrogen-bond acceptors (Lipinski definition) is 5. The second-order valence-electron chi connectivity index (χ2n) is 10.5. The third kappa shape index (κ3) is 4.85. The van der Waals surface area contributed by atoms with Gasteiger partial charge in [-0.2, -0.15) is 0 Å². The fraction of sp³-hybridized carbons (Fsp3) is 0.312. The van der Waals surface area contributed by atoms with Crippen molar-refractivity contribution < 1.29 is 24.1 Å². The van der Waals surface area contributed by atoms with Crippen LogP contribution in [0.25, 0.3) is 11.1 Å². The Morgan fingerprint density at radius 2 is 1.92 bits per heavy atom. The first kappa shape index (κ1) is 25.0. The van der Waals surface area contributed by atoms with Gasteiger partial charge in [0, 0.05) is 37.0 Å². The largest absolute Gasteiger partial charge is 0.492 e. The molecule has 0 fully saturated rings. The van der Waals surface area contributed by atoms with Crippen LogP contribution < -0.4 is 14.2 Å². The lowest BCUT2D eigenvalue weighted by Gasteiger charge is -2.18. The molecule has 2 atom stereocenters. The first-order valence-electron chi connectivity index (χ1n) is 13.3. The van der Waals surface area contributed by atoms with E-state index >= 15 is 0 Å². The molecule has 3 aromatic carbocycles. The Balaban J connectivity index is 1.22. The van der Waals surface area contributed by atoms with Crippen LogP contribution >= 0.6 is 0 Å². The molecule has 7 nitrogen and oxygen atoms in total. The van der Waals surface area contributed by atoms with Crippen molar-refractivity contribution in [1.29, 1.82) is 0 Å². The molecular formula is C32H32N2O5. The number of aryl methyl sites for hydroxylation is 3. The molecule has 1 aliphatic heterocycles. The number of hydrogen-bond donors (Lipinski definition) is 1. The van der Waals surface area contributed by atoms with Crippen molar-refractivity contribution >= 4 is 5.97 Å². The van der Waals surface area contributed by atoms with Crippen LogP contribution in [0, 0.1) is 13.8 Å². The summed E-state index contributed by atoms with van der Waals surface area (Å²) in [5.41, 5.74) is 8.33. The molecule has 0 spiro atoms. The second-order valence-corrected chi connectivity index (χ2v) is 10.5. The van der Waals surface area contributed by atoms with Gasteiger partial charge in [0.05, 0.1) is 13.0 Å². The smallest absolute Gasteiger partial charge is 0.304 e. The van der Waals surface area contributed by atoms with Crippen molar-refractivity contribution in [1.82, 2.24) is 9.55 Å². The van der Waals surface area contributed by atoms with Crippen LogP contribution in [0.15, 0.2) is 60.9 Å². The molecule has 2 aliphatic rings. The van der Waals surface area contributed by atoms with Crippen LogP contribution in [0.4, 0.5) is 0 Å². The van der Waals surface area contributed by atoms with Gasteiger partial charge in [-0.1, -0.05) is 24.3 Å². The molecular weight excluding hydrogens is 492 g/mol. The monoisotopic (exact) mass is 524 g/mol. The minimum absolute atomic E-state index is 0.0461. The van der Waals surface area contributed by atoms with E-state index in [1.54, 1.807) is 6.20 Å². The second kappa shape index (κ2) is 10.1. The summed E-state index contributed by atoms with van der Waals surface area (Å²) in [6.07, 6.45) is 5.56.